The first kappa shape index (κ1) is 20.5. The van der Waals surface area contributed by atoms with Crippen LogP contribution in [0.15, 0.2) is 42.0 Å². The van der Waals surface area contributed by atoms with E-state index in [9.17, 15) is 19.8 Å². The van der Waals surface area contributed by atoms with E-state index in [1.807, 2.05) is 19.9 Å². The fourth-order valence-electron chi connectivity index (χ4n) is 2.71. The molecule has 6 heteroatoms. The zero-order valence-corrected chi connectivity index (χ0v) is 16.1. The van der Waals surface area contributed by atoms with Crippen molar-refractivity contribution in [1.82, 2.24) is 0 Å². The normalized spacial score (nSPS) is 10.4. The molecule has 0 heterocycles. The van der Waals surface area contributed by atoms with Crippen LogP contribution in [0, 0.1) is 0 Å². The molecule has 2 aromatic rings. The van der Waals surface area contributed by atoms with Crippen molar-refractivity contribution >= 4 is 23.4 Å². The minimum Gasteiger partial charge on any atom is -0.507 e. The Morgan fingerprint density at radius 3 is 2.33 bits per heavy atom. The van der Waals surface area contributed by atoms with Gasteiger partial charge in [-0.1, -0.05) is 23.3 Å². The molecule has 0 radical (unpaired) electrons. The van der Waals surface area contributed by atoms with Crippen molar-refractivity contribution in [3.8, 4) is 11.5 Å². The Morgan fingerprint density at radius 2 is 1.81 bits per heavy atom. The lowest BCUT2D eigenvalue weighted by atomic mass is 9.94. The summed E-state index contributed by atoms with van der Waals surface area (Å²) in [4.78, 5) is 24.3. The van der Waals surface area contributed by atoms with Crippen LogP contribution >= 0.6 is 11.6 Å². The predicted molar refractivity (Wildman–Crippen MR) is 104 cm³/mol. The molecule has 0 unspecified atom stereocenters. The third-order valence-corrected chi connectivity index (χ3v) is 4.36. The molecule has 2 N–H and O–H groups in total. The maximum atomic E-state index is 12.5. The highest BCUT2D eigenvalue weighted by molar-refractivity contribution is 6.30. The zero-order chi connectivity index (χ0) is 20.1. The smallest absolute Gasteiger partial charge is 0.339 e. The first-order chi connectivity index (χ1) is 12.7. The minimum absolute atomic E-state index is 0.184. The standard InChI is InChI=1S/C21H21ClO5/c1-12(2)4-9-16-18(27-3)11-14(19(20(16)24)21(25)26)10-17(23)13-5-7-15(22)8-6-13/h4-8,11,24H,9-10H2,1-3H3,(H,25,26). The molecule has 2 rings (SSSR count). The molecule has 0 bridgehead atoms. The third kappa shape index (κ3) is 4.89. The van der Waals surface area contributed by atoms with Gasteiger partial charge in [0.2, 0.25) is 0 Å². The van der Waals surface area contributed by atoms with Gasteiger partial charge in [0.25, 0.3) is 0 Å². The maximum absolute atomic E-state index is 12.5. The van der Waals surface area contributed by atoms with Gasteiger partial charge in [-0.3, -0.25) is 4.79 Å². The first-order valence-corrected chi connectivity index (χ1v) is 8.69. The predicted octanol–water partition coefficient (Wildman–Crippen LogP) is 4.69. The van der Waals surface area contributed by atoms with Crippen molar-refractivity contribution in [3.05, 3.63) is 69.3 Å². The second-order valence-electron chi connectivity index (χ2n) is 6.34. The Hall–Kier alpha value is -2.79. The van der Waals surface area contributed by atoms with Gasteiger partial charge in [0, 0.05) is 22.6 Å². The highest BCUT2D eigenvalue weighted by Crippen LogP contribution is 2.36. The SMILES string of the molecule is COc1cc(CC(=O)c2ccc(Cl)cc2)c(C(=O)O)c(O)c1CC=C(C)C. The maximum Gasteiger partial charge on any atom is 0.339 e. The molecule has 0 aliphatic carbocycles. The molecule has 5 nitrogen and oxygen atoms in total. The molecule has 0 atom stereocenters. The molecule has 0 aromatic heterocycles. The van der Waals surface area contributed by atoms with Gasteiger partial charge in [-0.15, -0.1) is 0 Å². The van der Waals surface area contributed by atoms with Gasteiger partial charge in [-0.2, -0.15) is 0 Å². The van der Waals surface area contributed by atoms with Gasteiger partial charge in [-0.05, 0) is 56.2 Å². The quantitative estimate of drug-likeness (QED) is 0.531. The van der Waals surface area contributed by atoms with Crippen LogP contribution in [0.2, 0.25) is 5.02 Å². The van der Waals surface area contributed by atoms with Crippen molar-refractivity contribution in [3.63, 3.8) is 0 Å². The molecule has 2 aromatic carbocycles. The van der Waals surface area contributed by atoms with E-state index < -0.39 is 5.97 Å². The number of halogens is 1. The monoisotopic (exact) mass is 388 g/mol. The number of hydrogen-bond donors (Lipinski definition) is 2. The van der Waals surface area contributed by atoms with Crippen molar-refractivity contribution < 1.29 is 24.5 Å². The number of benzene rings is 2. The Labute approximate surface area is 162 Å². The van der Waals surface area contributed by atoms with Gasteiger partial charge in [-0.25, -0.2) is 4.79 Å². The lowest BCUT2D eigenvalue weighted by Gasteiger charge is -2.15. The molecule has 0 fully saturated rings. The summed E-state index contributed by atoms with van der Waals surface area (Å²) in [6, 6.07) is 7.84. The molecule has 142 valence electrons. The topological polar surface area (TPSA) is 83.8 Å². The fourth-order valence-corrected chi connectivity index (χ4v) is 2.84. The van der Waals surface area contributed by atoms with Crippen LogP contribution in [0.4, 0.5) is 0 Å². The summed E-state index contributed by atoms with van der Waals surface area (Å²) in [6.45, 7) is 3.81. The highest BCUT2D eigenvalue weighted by Gasteiger charge is 2.24. The minimum atomic E-state index is -1.30. The van der Waals surface area contributed by atoms with Crippen LogP contribution in [0.3, 0.4) is 0 Å². The molecule has 0 spiro atoms. The molecule has 27 heavy (non-hydrogen) atoms. The van der Waals surface area contributed by atoms with Crippen LogP contribution in [0.5, 0.6) is 11.5 Å². The molecular formula is C21H21ClO5. The Balaban J connectivity index is 2.50. The molecule has 0 saturated carbocycles. The number of carboxylic acids is 1. The number of carboxylic acid groups (broad SMARTS) is 1. The number of hydrogen-bond acceptors (Lipinski definition) is 4. The summed E-state index contributed by atoms with van der Waals surface area (Å²) in [5.41, 5.74) is 1.71. The van der Waals surface area contributed by atoms with Crippen molar-refractivity contribution in [1.29, 1.82) is 0 Å². The van der Waals surface area contributed by atoms with Gasteiger partial charge in [0.15, 0.2) is 5.78 Å². The largest absolute Gasteiger partial charge is 0.507 e. The second-order valence-corrected chi connectivity index (χ2v) is 6.77. The highest BCUT2D eigenvalue weighted by atomic mass is 35.5. The van der Waals surface area contributed by atoms with Gasteiger partial charge in [0.05, 0.1) is 7.11 Å². The molecule has 0 aliphatic rings. The van der Waals surface area contributed by atoms with Crippen molar-refractivity contribution in [2.45, 2.75) is 26.7 Å². The second kappa shape index (κ2) is 8.73. The Kier molecular flexibility index (Phi) is 6.64. The van der Waals surface area contributed by atoms with E-state index in [-0.39, 0.29) is 29.1 Å². The summed E-state index contributed by atoms with van der Waals surface area (Å²) >= 11 is 5.83. The number of aromatic hydroxyl groups is 1. The number of carbonyl (C=O) groups excluding carboxylic acids is 1. The molecule has 0 saturated heterocycles. The first-order valence-electron chi connectivity index (χ1n) is 8.31. The number of phenols is 1. The molecular weight excluding hydrogens is 368 g/mol. The van der Waals surface area contributed by atoms with Crippen molar-refractivity contribution in [2.24, 2.45) is 0 Å². The Bertz CT molecular complexity index is 894. The molecule has 0 amide bonds. The Morgan fingerprint density at radius 1 is 1.19 bits per heavy atom. The van der Waals surface area contributed by atoms with E-state index in [4.69, 9.17) is 16.3 Å². The van der Waals surface area contributed by atoms with Crippen LogP contribution in [-0.4, -0.2) is 29.1 Å². The van der Waals surface area contributed by atoms with E-state index in [0.29, 0.717) is 28.3 Å². The average Bonchev–Trinajstić information content (AvgIpc) is 2.60. The number of allylic oxidation sites excluding steroid dienone is 2. The number of carbonyl (C=O) groups is 2. The van der Waals surface area contributed by atoms with E-state index in [0.717, 1.165) is 5.57 Å². The van der Waals surface area contributed by atoms with E-state index in [1.165, 1.54) is 13.2 Å². The van der Waals surface area contributed by atoms with E-state index in [1.54, 1.807) is 24.3 Å². The number of ether oxygens (including phenoxy) is 1. The average molecular weight is 389 g/mol. The number of methoxy groups -OCH3 is 1. The summed E-state index contributed by atoms with van der Waals surface area (Å²) in [5.74, 6) is -1.62. The van der Waals surface area contributed by atoms with Crippen LogP contribution < -0.4 is 4.74 Å². The summed E-state index contributed by atoms with van der Waals surface area (Å²) in [6.07, 6.45) is 2.00. The number of Topliss-reactive ketones (excluding diaryl/α,β-unsaturated/α-hetero) is 1. The number of aromatic carboxylic acids is 1. The van der Waals surface area contributed by atoms with Gasteiger partial charge in [0.1, 0.15) is 17.1 Å². The lowest BCUT2D eigenvalue weighted by Crippen LogP contribution is -2.11. The van der Waals surface area contributed by atoms with Crippen LogP contribution in [0.25, 0.3) is 0 Å². The summed E-state index contributed by atoms with van der Waals surface area (Å²) in [7, 11) is 1.44. The summed E-state index contributed by atoms with van der Waals surface area (Å²) in [5, 5.41) is 20.7. The zero-order valence-electron chi connectivity index (χ0n) is 15.4. The molecule has 0 aliphatic heterocycles. The van der Waals surface area contributed by atoms with Crippen LogP contribution in [0.1, 0.15) is 45.7 Å². The fraction of sp³-hybridized carbons (Fsp3) is 0.238. The lowest BCUT2D eigenvalue weighted by molar-refractivity contribution is 0.0692. The van der Waals surface area contributed by atoms with Crippen LogP contribution in [-0.2, 0) is 12.8 Å². The number of rotatable bonds is 7. The summed E-state index contributed by atoms with van der Waals surface area (Å²) < 4.78 is 5.33. The third-order valence-electron chi connectivity index (χ3n) is 4.11. The van der Waals surface area contributed by atoms with Gasteiger partial charge >= 0.3 is 5.97 Å². The van der Waals surface area contributed by atoms with E-state index >= 15 is 0 Å². The van der Waals surface area contributed by atoms with E-state index in [2.05, 4.69) is 0 Å². The van der Waals surface area contributed by atoms with Gasteiger partial charge < -0.3 is 14.9 Å². The number of ketones is 1. The van der Waals surface area contributed by atoms with Crippen molar-refractivity contribution in [2.75, 3.05) is 7.11 Å².